The molecule has 3 heteroatoms. The van der Waals surface area contributed by atoms with Gasteiger partial charge in [0.1, 0.15) is 0 Å². The van der Waals surface area contributed by atoms with Crippen molar-refractivity contribution < 1.29 is 9.47 Å². The van der Waals surface area contributed by atoms with Crippen LogP contribution in [0.3, 0.4) is 0 Å². The van der Waals surface area contributed by atoms with Crippen LogP contribution >= 0.6 is 0 Å². The van der Waals surface area contributed by atoms with Crippen molar-refractivity contribution in [2.45, 2.75) is 26.8 Å². The number of hydrogen-bond donors (Lipinski definition) is 1. The van der Waals surface area contributed by atoms with Crippen molar-refractivity contribution in [1.29, 1.82) is 0 Å². The highest BCUT2D eigenvalue weighted by Crippen LogP contribution is 2.28. The lowest BCUT2D eigenvalue weighted by atomic mass is 10.2. The molecular weight excluding hydrogens is 226 g/mol. The topological polar surface area (TPSA) is 30.5 Å². The van der Waals surface area contributed by atoms with Crippen LogP contribution in [0, 0.1) is 12.3 Å². The average molecular weight is 247 g/mol. The van der Waals surface area contributed by atoms with Gasteiger partial charge in [-0.3, -0.25) is 0 Å². The Kier molecular flexibility index (Phi) is 6.75. The third-order valence-electron chi connectivity index (χ3n) is 2.33. The molecule has 0 fully saturated rings. The quantitative estimate of drug-likeness (QED) is 0.566. The monoisotopic (exact) mass is 247 g/mol. The molecular formula is C15H21NO2. The van der Waals surface area contributed by atoms with E-state index in [0.29, 0.717) is 19.8 Å². The smallest absolute Gasteiger partial charge is 0.161 e. The number of nitrogens with one attached hydrogen (secondary N) is 1. The summed E-state index contributed by atoms with van der Waals surface area (Å²) in [6.07, 6.45) is 6.18. The molecule has 0 amide bonds. The van der Waals surface area contributed by atoms with Crippen molar-refractivity contribution in [2.75, 3.05) is 19.8 Å². The molecule has 1 N–H and O–H groups in total. The standard InChI is InChI=1S/C15H21NO2/c1-4-9-16-12-13-7-8-14(18-10-5-2)15(11-13)17-6-3/h1,7-8,11,16H,5-6,9-10,12H2,2-3H3. The van der Waals surface area contributed by atoms with Crippen LogP contribution in [0.5, 0.6) is 11.5 Å². The summed E-state index contributed by atoms with van der Waals surface area (Å²) in [7, 11) is 0. The van der Waals surface area contributed by atoms with Gasteiger partial charge in [0.05, 0.1) is 19.8 Å². The van der Waals surface area contributed by atoms with Gasteiger partial charge in [0.15, 0.2) is 11.5 Å². The van der Waals surface area contributed by atoms with Gasteiger partial charge < -0.3 is 14.8 Å². The SMILES string of the molecule is C#CCNCc1ccc(OCCC)c(OCC)c1. The molecule has 1 aromatic rings. The first-order valence-corrected chi connectivity index (χ1v) is 6.34. The molecule has 0 spiro atoms. The maximum absolute atomic E-state index is 5.64. The van der Waals surface area contributed by atoms with E-state index in [9.17, 15) is 0 Å². The molecule has 0 aliphatic carbocycles. The normalized spacial score (nSPS) is 9.83. The van der Waals surface area contributed by atoms with Crippen LogP contribution in [0.25, 0.3) is 0 Å². The molecule has 1 aromatic carbocycles. The van der Waals surface area contributed by atoms with Crippen LogP contribution in [-0.4, -0.2) is 19.8 Å². The van der Waals surface area contributed by atoms with Crippen molar-refractivity contribution >= 4 is 0 Å². The second-order valence-electron chi connectivity index (χ2n) is 3.87. The Labute approximate surface area is 109 Å². The number of rotatable bonds is 8. The van der Waals surface area contributed by atoms with E-state index in [-0.39, 0.29) is 0 Å². The Morgan fingerprint density at radius 3 is 2.72 bits per heavy atom. The summed E-state index contributed by atoms with van der Waals surface area (Å²) < 4.78 is 11.2. The van der Waals surface area contributed by atoms with Crippen molar-refractivity contribution in [3.8, 4) is 23.8 Å². The summed E-state index contributed by atoms with van der Waals surface area (Å²) in [5, 5.41) is 3.15. The lowest BCUT2D eigenvalue weighted by Gasteiger charge is -2.13. The van der Waals surface area contributed by atoms with E-state index in [1.807, 2.05) is 25.1 Å². The molecule has 98 valence electrons. The molecule has 0 bridgehead atoms. The molecule has 0 heterocycles. The van der Waals surface area contributed by atoms with Crippen LogP contribution in [0.1, 0.15) is 25.8 Å². The molecule has 0 radical (unpaired) electrons. The fraction of sp³-hybridized carbons (Fsp3) is 0.467. The second kappa shape index (κ2) is 8.43. The van der Waals surface area contributed by atoms with Gasteiger partial charge in [-0.25, -0.2) is 0 Å². The maximum atomic E-state index is 5.64. The molecule has 0 saturated carbocycles. The first-order chi connectivity index (χ1) is 8.81. The molecule has 0 unspecified atom stereocenters. The molecule has 0 saturated heterocycles. The molecule has 3 nitrogen and oxygen atoms in total. The minimum atomic E-state index is 0.568. The zero-order chi connectivity index (χ0) is 13.2. The Morgan fingerprint density at radius 1 is 1.22 bits per heavy atom. The zero-order valence-corrected chi connectivity index (χ0v) is 11.2. The fourth-order valence-electron chi connectivity index (χ4n) is 1.54. The van der Waals surface area contributed by atoms with Gasteiger partial charge in [-0.2, -0.15) is 0 Å². The Morgan fingerprint density at radius 2 is 2.06 bits per heavy atom. The minimum absolute atomic E-state index is 0.568. The highest BCUT2D eigenvalue weighted by Gasteiger charge is 2.06. The third-order valence-corrected chi connectivity index (χ3v) is 2.33. The summed E-state index contributed by atoms with van der Waals surface area (Å²) in [4.78, 5) is 0. The highest BCUT2D eigenvalue weighted by atomic mass is 16.5. The van der Waals surface area contributed by atoms with Crippen molar-refractivity contribution in [3.63, 3.8) is 0 Å². The fourth-order valence-corrected chi connectivity index (χ4v) is 1.54. The first-order valence-electron chi connectivity index (χ1n) is 6.34. The summed E-state index contributed by atoms with van der Waals surface area (Å²) in [6, 6.07) is 5.97. The van der Waals surface area contributed by atoms with Crippen LogP contribution in [0.4, 0.5) is 0 Å². The van der Waals surface area contributed by atoms with Crippen LogP contribution in [0.15, 0.2) is 18.2 Å². The van der Waals surface area contributed by atoms with E-state index < -0.39 is 0 Å². The Hall–Kier alpha value is -1.66. The molecule has 0 atom stereocenters. The van der Waals surface area contributed by atoms with Gasteiger partial charge in [-0.1, -0.05) is 18.9 Å². The maximum Gasteiger partial charge on any atom is 0.161 e. The summed E-state index contributed by atoms with van der Waals surface area (Å²) in [5.41, 5.74) is 1.14. The summed E-state index contributed by atoms with van der Waals surface area (Å²) >= 11 is 0. The van der Waals surface area contributed by atoms with Crippen molar-refractivity contribution in [3.05, 3.63) is 23.8 Å². The van der Waals surface area contributed by atoms with E-state index >= 15 is 0 Å². The van der Waals surface area contributed by atoms with Gasteiger partial charge in [0.25, 0.3) is 0 Å². The largest absolute Gasteiger partial charge is 0.490 e. The zero-order valence-electron chi connectivity index (χ0n) is 11.2. The Balaban J connectivity index is 2.72. The van der Waals surface area contributed by atoms with E-state index in [0.717, 1.165) is 30.0 Å². The number of hydrogen-bond acceptors (Lipinski definition) is 3. The van der Waals surface area contributed by atoms with Gasteiger partial charge in [-0.15, -0.1) is 6.42 Å². The second-order valence-corrected chi connectivity index (χ2v) is 3.87. The third kappa shape index (κ3) is 4.68. The molecule has 18 heavy (non-hydrogen) atoms. The average Bonchev–Trinajstić information content (AvgIpc) is 2.38. The number of benzene rings is 1. The first kappa shape index (κ1) is 14.4. The Bertz CT molecular complexity index is 396. The van der Waals surface area contributed by atoms with Gasteiger partial charge >= 0.3 is 0 Å². The molecule has 0 aliphatic rings. The lowest BCUT2D eigenvalue weighted by Crippen LogP contribution is -2.13. The molecule has 0 aromatic heterocycles. The van der Waals surface area contributed by atoms with Crippen molar-refractivity contribution in [1.82, 2.24) is 5.32 Å². The van der Waals surface area contributed by atoms with Gasteiger partial charge in [0, 0.05) is 6.54 Å². The predicted molar refractivity (Wildman–Crippen MR) is 73.9 cm³/mol. The minimum Gasteiger partial charge on any atom is -0.490 e. The summed E-state index contributed by atoms with van der Waals surface area (Å²) in [6.45, 7) is 6.68. The van der Waals surface area contributed by atoms with E-state index in [1.54, 1.807) is 0 Å². The van der Waals surface area contributed by atoms with Crippen LogP contribution in [0.2, 0.25) is 0 Å². The highest BCUT2D eigenvalue weighted by molar-refractivity contribution is 5.43. The van der Waals surface area contributed by atoms with Crippen LogP contribution in [-0.2, 0) is 6.54 Å². The predicted octanol–water partition coefficient (Wildman–Crippen LogP) is 2.60. The molecule has 0 aliphatic heterocycles. The van der Waals surface area contributed by atoms with E-state index in [1.165, 1.54) is 0 Å². The number of terminal acetylenes is 1. The van der Waals surface area contributed by atoms with Gasteiger partial charge in [-0.05, 0) is 31.0 Å². The van der Waals surface area contributed by atoms with E-state index in [2.05, 4.69) is 18.2 Å². The van der Waals surface area contributed by atoms with Crippen LogP contribution < -0.4 is 14.8 Å². The summed E-state index contributed by atoms with van der Waals surface area (Å²) in [5.74, 6) is 4.15. The van der Waals surface area contributed by atoms with E-state index in [4.69, 9.17) is 15.9 Å². The lowest BCUT2D eigenvalue weighted by molar-refractivity contribution is 0.276. The molecule has 1 rings (SSSR count). The van der Waals surface area contributed by atoms with Crippen molar-refractivity contribution in [2.24, 2.45) is 0 Å². The van der Waals surface area contributed by atoms with Gasteiger partial charge in [0.2, 0.25) is 0 Å². The number of ether oxygens (including phenoxy) is 2.